The number of nitrogens with zero attached hydrogens (tertiary/aromatic N) is 1. The zero-order chi connectivity index (χ0) is 13.1. The van der Waals surface area contributed by atoms with Gasteiger partial charge in [-0.3, -0.25) is 4.90 Å². The number of nitrogens with two attached hydrogens (primary N) is 1. The number of aliphatic hydroxyl groups is 1. The van der Waals surface area contributed by atoms with Gasteiger partial charge in [0.15, 0.2) is 0 Å². The second kappa shape index (κ2) is 5.72. The van der Waals surface area contributed by atoms with Crippen LogP contribution in [0.2, 0.25) is 0 Å². The number of hydrogen-bond donors (Lipinski definition) is 2. The number of piperidine rings is 1. The molecular weight excluding hydrogens is 224 g/mol. The third kappa shape index (κ3) is 3.24. The van der Waals surface area contributed by atoms with Crippen molar-refractivity contribution in [2.24, 2.45) is 11.8 Å². The van der Waals surface area contributed by atoms with E-state index in [2.05, 4.69) is 18.7 Å². The highest BCUT2D eigenvalue weighted by atomic mass is 16.3. The molecule has 0 aliphatic carbocycles. The van der Waals surface area contributed by atoms with Crippen LogP contribution in [0.4, 0.5) is 5.69 Å². The van der Waals surface area contributed by atoms with Gasteiger partial charge in [-0.25, -0.2) is 0 Å². The zero-order valence-electron chi connectivity index (χ0n) is 11.3. The Labute approximate surface area is 110 Å². The maximum absolute atomic E-state index is 10.3. The Balaban J connectivity index is 1.99. The van der Waals surface area contributed by atoms with Gasteiger partial charge in [-0.2, -0.15) is 0 Å². The molecule has 3 atom stereocenters. The molecule has 3 unspecified atom stereocenters. The van der Waals surface area contributed by atoms with Crippen molar-refractivity contribution in [1.29, 1.82) is 0 Å². The normalized spacial score (nSPS) is 27.1. The monoisotopic (exact) mass is 248 g/mol. The Bertz CT molecular complexity index is 384. The Hall–Kier alpha value is -1.06. The quantitative estimate of drug-likeness (QED) is 0.807. The van der Waals surface area contributed by atoms with Crippen LogP contribution in [0.5, 0.6) is 0 Å². The molecule has 3 N–H and O–H groups in total. The lowest BCUT2D eigenvalue weighted by Gasteiger charge is -2.36. The molecule has 0 amide bonds. The maximum Gasteiger partial charge on any atom is 0.0936 e. The van der Waals surface area contributed by atoms with Crippen LogP contribution in [-0.2, 0) is 0 Å². The van der Waals surface area contributed by atoms with Crippen LogP contribution < -0.4 is 5.73 Å². The highest BCUT2D eigenvalue weighted by Gasteiger charge is 2.24. The molecule has 1 fully saturated rings. The van der Waals surface area contributed by atoms with E-state index >= 15 is 0 Å². The number of anilines is 1. The summed E-state index contributed by atoms with van der Waals surface area (Å²) in [6.45, 7) is 7.41. The van der Waals surface area contributed by atoms with Gasteiger partial charge >= 0.3 is 0 Å². The van der Waals surface area contributed by atoms with Crippen molar-refractivity contribution in [3.05, 3.63) is 29.8 Å². The number of likely N-dealkylation sites (tertiary alicyclic amines) is 1. The number of aliphatic hydroxyl groups excluding tert-OH is 1. The molecule has 1 heterocycles. The third-order valence-electron chi connectivity index (χ3n) is 3.73. The molecule has 18 heavy (non-hydrogen) atoms. The first kappa shape index (κ1) is 13.4. The summed E-state index contributed by atoms with van der Waals surface area (Å²) >= 11 is 0. The predicted molar refractivity (Wildman–Crippen MR) is 75.2 cm³/mol. The fourth-order valence-electron chi connectivity index (χ4n) is 3.10. The van der Waals surface area contributed by atoms with E-state index in [4.69, 9.17) is 5.73 Å². The average molecular weight is 248 g/mol. The Morgan fingerprint density at radius 3 is 2.50 bits per heavy atom. The molecule has 1 aromatic carbocycles. The third-order valence-corrected chi connectivity index (χ3v) is 3.73. The lowest BCUT2D eigenvalue weighted by atomic mass is 9.91. The maximum atomic E-state index is 10.3. The summed E-state index contributed by atoms with van der Waals surface area (Å²) in [5.41, 5.74) is 7.44. The summed E-state index contributed by atoms with van der Waals surface area (Å²) in [4.78, 5) is 2.36. The molecule has 0 radical (unpaired) electrons. The molecule has 0 saturated carbocycles. The van der Waals surface area contributed by atoms with Gasteiger partial charge in [-0.15, -0.1) is 0 Å². The van der Waals surface area contributed by atoms with Crippen molar-refractivity contribution in [2.75, 3.05) is 25.4 Å². The van der Waals surface area contributed by atoms with Crippen molar-refractivity contribution in [3.8, 4) is 0 Å². The van der Waals surface area contributed by atoms with Crippen molar-refractivity contribution in [2.45, 2.75) is 26.4 Å². The number of hydrogen-bond acceptors (Lipinski definition) is 3. The molecule has 2 rings (SSSR count). The molecule has 1 aliphatic heterocycles. The minimum Gasteiger partial charge on any atom is -0.398 e. The molecular formula is C15H24N2O. The van der Waals surface area contributed by atoms with Crippen LogP contribution in [0.1, 0.15) is 31.9 Å². The molecule has 3 heteroatoms. The standard InChI is InChI=1S/C15H24N2O/c1-11-7-12(2)9-17(8-11)10-15(18)13-5-3-4-6-14(13)16/h3-6,11-12,15,18H,7-10,16H2,1-2H3. The molecule has 3 nitrogen and oxygen atoms in total. The summed E-state index contributed by atoms with van der Waals surface area (Å²) < 4.78 is 0. The lowest BCUT2D eigenvalue weighted by Crippen LogP contribution is -2.40. The fourth-order valence-corrected chi connectivity index (χ4v) is 3.10. The number of β-amino-alcohol motifs (C(OH)–C–C–N with tert-alkyl or cyclic N) is 1. The second-order valence-electron chi connectivity index (χ2n) is 5.81. The van der Waals surface area contributed by atoms with Gasteiger partial charge in [0.2, 0.25) is 0 Å². The van der Waals surface area contributed by atoms with Gasteiger partial charge in [0, 0.05) is 30.9 Å². The van der Waals surface area contributed by atoms with E-state index in [9.17, 15) is 5.11 Å². The van der Waals surface area contributed by atoms with Gasteiger partial charge in [-0.05, 0) is 24.3 Å². The summed E-state index contributed by atoms with van der Waals surface area (Å²) in [6.07, 6.45) is 0.809. The van der Waals surface area contributed by atoms with Gasteiger partial charge in [0.25, 0.3) is 0 Å². The van der Waals surface area contributed by atoms with Crippen LogP contribution >= 0.6 is 0 Å². The van der Waals surface area contributed by atoms with E-state index in [-0.39, 0.29) is 0 Å². The predicted octanol–water partition coefficient (Wildman–Crippen LogP) is 2.28. The van der Waals surface area contributed by atoms with E-state index in [0.29, 0.717) is 24.1 Å². The van der Waals surface area contributed by atoms with Gasteiger partial charge in [-0.1, -0.05) is 32.0 Å². The molecule has 0 aromatic heterocycles. The van der Waals surface area contributed by atoms with Crippen molar-refractivity contribution >= 4 is 5.69 Å². The summed E-state index contributed by atoms with van der Waals surface area (Å²) in [5, 5.41) is 10.3. The molecule has 1 aromatic rings. The van der Waals surface area contributed by atoms with E-state index < -0.39 is 6.10 Å². The van der Waals surface area contributed by atoms with Crippen molar-refractivity contribution in [3.63, 3.8) is 0 Å². The number of nitrogen functional groups attached to an aromatic ring is 1. The molecule has 0 bridgehead atoms. The minimum atomic E-state index is -0.483. The zero-order valence-corrected chi connectivity index (χ0v) is 11.3. The Morgan fingerprint density at radius 2 is 1.89 bits per heavy atom. The molecule has 0 spiro atoms. The van der Waals surface area contributed by atoms with Crippen LogP contribution in [0.15, 0.2) is 24.3 Å². The summed E-state index contributed by atoms with van der Waals surface area (Å²) in [6, 6.07) is 7.59. The van der Waals surface area contributed by atoms with E-state index in [1.165, 1.54) is 6.42 Å². The average Bonchev–Trinajstić information content (AvgIpc) is 2.27. The van der Waals surface area contributed by atoms with E-state index in [1.807, 2.05) is 24.3 Å². The van der Waals surface area contributed by atoms with Crippen LogP contribution in [0, 0.1) is 11.8 Å². The van der Waals surface area contributed by atoms with Gasteiger partial charge in [0.05, 0.1) is 6.10 Å². The highest BCUT2D eigenvalue weighted by Crippen LogP contribution is 2.25. The smallest absolute Gasteiger partial charge is 0.0936 e. The number of rotatable bonds is 3. The highest BCUT2D eigenvalue weighted by molar-refractivity contribution is 5.47. The fraction of sp³-hybridized carbons (Fsp3) is 0.600. The van der Waals surface area contributed by atoms with E-state index in [0.717, 1.165) is 18.7 Å². The first-order chi connectivity index (χ1) is 8.56. The van der Waals surface area contributed by atoms with Crippen LogP contribution in [0.25, 0.3) is 0 Å². The summed E-state index contributed by atoms with van der Waals surface area (Å²) in [7, 11) is 0. The second-order valence-corrected chi connectivity index (χ2v) is 5.81. The Morgan fingerprint density at radius 1 is 1.28 bits per heavy atom. The molecule has 1 aliphatic rings. The van der Waals surface area contributed by atoms with Gasteiger partial charge in [0.1, 0.15) is 0 Å². The van der Waals surface area contributed by atoms with Gasteiger partial charge < -0.3 is 10.8 Å². The van der Waals surface area contributed by atoms with E-state index in [1.54, 1.807) is 0 Å². The lowest BCUT2D eigenvalue weighted by molar-refractivity contribution is 0.0703. The first-order valence-corrected chi connectivity index (χ1v) is 6.81. The van der Waals surface area contributed by atoms with Crippen molar-refractivity contribution < 1.29 is 5.11 Å². The minimum absolute atomic E-state index is 0.483. The topological polar surface area (TPSA) is 49.5 Å². The number of para-hydroxylation sites is 1. The SMILES string of the molecule is CC1CC(C)CN(CC(O)c2ccccc2N)C1. The number of benzene rings is 1. The summed E-state index contributed by atoms with van der Waals surface area (Å²) in [5.74, 6) is 1.43. The Kier molecular flexibility index (Phi) is 4.25. The molecule has 100 valence electrons. The van der Waals surface area contributed by atoms with Crippen LogP contribution in [0.3, 0.4) is 0 Å². The first-order valence-electron chi connectivity index (χ1n) is 6.81. The largest absolute Gasteiger partial charge is 0.398 e. The molecule has 1 saturated heterocycles. The van der Waals surface area contributed by atoms with Crippen molar-refractivity contribution in [1.82, 2.24) is 4.90 Å². The van der Waals surface area contributed by atoms with Crippen LogP contribution in [-0.4, -0.2) is 29.6 Å².